The Bertz CT molecular complexity index is 505. The minimum atomic E-state index is -0.794. The highest BCUT2D eigenvalue weighted by molar-refractivity contribution is 6.30. The maximum absolute atomic E-state index is 13.1. The van der Waals surface area contributed by atoms with Gasteiger partial charge < -0.3 is 10.1 Å². The third-order valence-corrected chi connectivity index (χ3v) is 2.63. The molecular formula is C11H12ClFN4O2. The van der Waals surface area contributed by atoms with Crippen LogP contribution in [-0.2, 0) is 9.53 Å². The fourth-order valence-electron chi connectivity index (χ4n) is 1.45. The van der Waals surface area contributed by atoms with Gasteiger partial charge in [0.25, 0.3) is 0 Å². The molecule has 0 heterocycles. The largest absolute Gasteiger partial charge is 0.468 e. The molecule has 0 saturated heterocycles. The Labute approximate surface area is 114 Å². The van der Waals surface area contributed by atoms with Crippen LogP contribution in [0.5, 0.6) is 0 Å². The molecule has 0 radical (unpaired) electrons. The summed E-state index contributed by atoms with van der Waals surface area (Å²) in [5, 5.41) is 6.10. The molecule has 102 valence electrons. The molecule has 0 amide bonds. The molecule has 0 aliphatic carbocycles. The van der Waals surface area contributed by atoms with Gasteiger partial charge in [-0.25, -0.2) is 9.18 Å². The van der Waals surface area contributed by atoms with Crippen LogP contribution in [0.15, 0.2) is 23.3 Å². The molecule has 0 saturated carbocycles. The lowest BCUT2D eigenvalue weighted by molar-refractivity contribution is -0.143. The molecule has 0 aliphatic rings. The SMILES string of the molecule is COC(=O)C(NCCN=[N+]=[N-])c1ccc(F)c(Cl)c1. The number of esters is 1. The van der Waals surface area contributed by atoms with Gasteiger partial charge in [0.1, 0.15) is 11.9 Å². The van der Waals surface area contributed by atoms with Crippen LogP contribution in [0.2, 0.25) is 5.02 Å². The molecule has 1 aromatic rings. The molecule has 0 spiro atoms. The quantitative estimate of drug-likeness (QED) is 0.287. The monoisotopic (exact) mass is 286 g/mol. The van der Waals surface area contributed by atoms with Crippen molar-refractivity contribution >= 4 is 17.6 Å². The summed E-state index contributed by atoms with van der Waals surface area (Å²) in [7, 11) is 1.25. The van der Waals surface area contributed by atoms with E-state index in [0.29, 0.717) is 5.56 Å². The number of carbonyl (C=O) groups excluding carboxylic acids is 1. The van der Waals surface area contributed by atoms with Gasteiger partial charge in [0.15, 0.2) is 0 Å². The Kier molecular flexibility index (Phi) is 6.08. The number of benzene rings is 1. The zero-order valence-corrected chi connectivity index (χ0v) is 10.9. The van der Waals surface area contributed by atoms with Crippen LogP contribution < -0.4 is 5.32 Å². The van der Waals surface area contributed by atoms with Crippen molar-refractivity contribution in [2.45, 2.75) is 6.04 Å². The standard InChI is InChI=1S/C11H12ClFN4O2/c1-19-11(18)10(15-4-5-16-17-14)7-2-3-9(13)8(12)6-7/h2-3,6,10,15H,4-5H2,1H3. The van der Waals surface area contributed by atoms with Gasteiger partial charge in [-0.1, -0.05) is 22.8 Å². The second kappa shape index (κ2) is 7.58. The van der Waals surface area contributed by atoms with Crippen molar-refractivity contribution in [2.24, 2.45) is 5.11 Å². The number of hydrogen-bond donors (Lipinski definition) is 1. The summed E-state index contributed by atoms with van der Waals surface area (Å²) < 4.78 is 17.7. The number of ether oxygens (including phenoxy) is 1. The van der Waals surface area contributed by atoms with Crippen LogP contribution in [0, 0.1) is 5.82 Å². The normalized spacial score (nSPS) is 11.5. The number of nitrogens with one attached hydrogen (secondary N) is 1. The second-order valence-electron chi connectivity index (χ2n) is 3.54. The van der Waals surface area contributed by atoms with E-state index in [1.165, 1.54) is 25.3 Å². The summed E-state index contributed by atoms with van der Waals surface area (Å²) in [4.78, 5) is 14.2. The summed E-state index contributed by atoms with van der Waals surface area (Å²) in [6, 6.07) is 3.16. The lowest BCUT2D eigenvalue weighted by Gasteiger charge is -2.16. The van der Waals surface area contributed by atoms with E-state index >= 15 is 0 Å². The smallest absolute Gasteiger partial charge is 0.327 e. The zero-order chi connectivity index (χ0) is 14.3. The Morgan fingerprint density at radius 1 is 1.68 bits per heavy atom. The van der Waals surface area contributed by atoms with Crippen molar-refractivity contribution in [1.82, 2.24) is 5.32 Å². The lowest BCUT2D eigenvalue weighted by Crippen LogP contribution is -2.31. The molecule has 0 bridgehead atoms. The highest BCUT2D eigenvalue weighted by Crippen LogP contribution is 2.21. The summed E-state index contributed by atoms with van der Waals surface area (Å²) in [6.07, 6.45) is 0. The highest BCUT2D eigenvalue weighted by atomic mass is 35.5. The summed E-state index contributed by atoms with van der Waals surface area (Å²) in [5.41, 5.74) is 8.62. The molecule has 6 nitrogen and oxygen atoms in total. The topological polar surface area (TPSA) is 87.1 Å². The van der Waals surface area contributed by atoms with E-state index in [-0.39, 0.29) is 18.1 Å². The van der Waals surface area contributed by atoms with E-state index in [2.05, 4.69) is 20.1 Å². The second-order valence-corrected chi connectivity index (χ2v) is 3.95. The molecule has 1 unspecified atom stereocenters. The fraction of sp³-hybridized carbons (Fsp3) is 0.364. The fourth-order valence-corrected chi connectivity index (χ4v) is 1.64. The van der Waals surface area contributed by atoms with E-state index in [1.54, 1.807) is 0 Å². The molecule has 0 aliphatic heterocycles. The minimum absolute atomic E-state index is 0.0803. The van der Waals surface area contributed by atoms with Crippen LogP contribution in [0.4, 0.5) is 4.39 Å². The van der Waals surface area contributed by atoms with Crippen molar-refractivity contribution in [1.29, 1.82) is 0 Å². The van der Waals surface area contributed by atoms with Gasteiger partial charge >= 0.3 is 5.97 Å². The van der Waals surface area contributed by atoms with Crippen LogP contribution >= 0.6 is 11.6 Å². The van der Waals surface area contributed by atoms with Crippen molar-refractivity contribution in [3.05, 3.63) is 45.0 Å². The number of azide groups is 1. The lowest BCUT2D eigenvalue weighted by atomic mass is 10.1. The third-order valence-electron chi connectivity index (χ3n) is 2.34. The average Bonchev–Trinajstić information content (AvgIpc) is 2.41. The van der Waals surface area contributed by atoms with Gasteiger partial charge in [-0.2, -0.15) is 0 Å². The molecule has 1 atom stereocenters. The Morgan fingerprint density at radius 2 is 2.42 bits per heavy atom. The Morgan fingerprint density at radius 3 is 3.00 bits per heavy atom. The minimum Gasteiger partial charge on any atom is -0.468 e. The molecular weight excluding hydrogens is 275 g/mol. The maximum atomic E-state index is 13.1. The number of nitrogens with zero attached hydrogens (tertiary/aromatic N) is 3. The van der Waals surface area contributed by atoms with Crippen molar-refractivity contribution in [2.75, 3.05) is 20.2 Å². The van der Waals surface area contributed by atoms with Crippen molar-refractivity contribution in [3.63, 3.8) is 0 Å². The molecule has 1 rings (SSSR count). The van der Waals surface area contributed by atoms with Crippen LogP contribution in [-0.4, -0.2) is 26.2 Å². The Balaban J connectivity index is 2.86. The van der Waals surface area contributed by atoms with E-state index in [1.807, 2.05) is 0 Å². The first-order chi connectivity index (χ1) is 9.10. The summed E-state index contributed by atoms with van der Waals surface area (Å²) in [6.45, 7) is 0.456. The number of hydrogen-bond acceptors (Lipinski definition) is 4. The number of methoxy groups -OCH3 is 1. The predicted molar refractivity (Wildman–Crippen MR) is 68.2 cm³/mol. The first-order valence-corrected chi connectivity index (χ1v) is 5.75. The van der Waals surface area contributed by atoms with Crippen molar-refractivity contribution < 1.29 is 13.9 Å². The van der Waals surface area contributed by atoms with Crippen molar-refractivity contribution in [3.8, 4) is 0 Å². The van der Waals surface area contributed by atoms with Gasteiger partial charge in [-0.3, -0.25) is 0 Å². The van der Waals surface area contributed by atoms with Crippen LogP contribution in [0.1, 0.15) is 11.6 Å². The number of carbonyl (C=O) groups is 1. The van der Waals surface area contributed by atoms with Gasteiger partial charge in [0.05, 0.1) is 12.1 Å². The van der Waals surface area contributed by atoms with Crippen LogP contribution in [0.25, 0.3) is 10.4 Å². The zero-order valence-electron chi connectivity index (χ0n) is 10.1. The summed E-state index contributed by atoms with van der Waals surface area (Å²) in [5.74, 6) is -1.10. The molecule has 19 heavy (non-hydrogen) atoms. The first kappa shape index (κ1) is 15.2. The maximum Gasteiger partial charge on any atom is 0.327 e. The van der Waals surface area contributed by atoms with Gasteiger partial charge in [-0.15, -0.1) is 0 Å². The number of rotatable bonds is 6. The summed E-state index contributed by atoms with van der Waals surface area (Å²) >= 11 is 5.67. The molecule has 0 aromatic heterocycles. The molecule has 0 fully saturated rings. The van der Waals surface area contributed by atoms with E-state index in [4.69, 9.17) is 17.1 Å². The van der Waals surface area contributed by atoms with E-state index in [9.17, 15) is 9.18 Å². The number of halogens is 2. The molecule has 1 N–H and O–H groups in total. The van der Waals surface area contributed by atoms with E-state index < -0.39 is 17.8 Å². The third kappa shape index (κ3) is 4.40. The van der Waals surface area contributed by atoms with Crippen LogP contribution in [0.3, 0.4) is 0 Å². The van der Waals surface area contributed by atoms with Gasteiger partial charge in [0.2, 0.25) is 0 Å². The molecule has 1 aromatic carbocycles. The first-order valence-electron chi connectivity index (χ1n) is 5.37. The van der Waals surface area contributed by atoms with Gasteiger partial charge in [-0.05, 0) is 23.2 Å². The highest BCUT2D eigenvalue weighted by Gasteiger charge is 2.21. The van der Waals surface area contributed by atoms with E-state index in [0.717, 1.165) is 0 Å². The Hall–Kier alpha value is -1.82. The predicted octanol–water partition coefficient (Wildman–Crippen LogP) is 2.59. The average molecular weight is 287 g/mol. The molecule has 8 heteroatoms. The van der Waals surface area contributed by atoms with Gasteiger partial charge in [0, 0.05) is 18.0 Å².